The molecule has 5 rings (SSSR count). The highest BCUT2D eigenvalue weighted by Gasteiger charge is 2.17. The van der Waals surface area contributed by atoms with E-state index in [0.717, 1.165) is 46.2 Å². The first kappa shape index (κ1) is 15.9. The van der Waals surface area contributed by atoms with Gasteiger partial charge in [-0.15, -0.1) is 0 Å². The molecule has 4 nitrogen and oxygen atoms in total. The van der Waals surface area contributed by atoms with Crippen LogP contribution in [0.4, 0.5) is 5.69 Å². The van der Waals surface area contributed by atoms with Gasteiger partial charge in [-0.1, -0.05) is 24.3 Å². The van der Waals surface area contributed by atoms with Gasteiger partial charge >= 0.3 is 0 Å². The molecule has 0 saturated carbocycles. The standard InChI is InChI=1S/C23H19NO3/c1-26-17-8-9-18-16(13-27-21(18)12-17)11-22(25)24-20-10-7-15-6-5-14-3-2-4-19(20)23(14)15/h2-4,7-10,12-13H,5-6,11H2,1H3,(H,24,25). The number of carbonyl (C=O) groups is 1. The fourth-order valence-corrected chi connectivity index (χ4v) is 4.05. The molecule has 0 aliphatic heterocycles. The molecule has 3 aromatic carbocycles. The third-order valence-corrected chi connectivity index (χ3v) is 5.36. The van der Waals surface area contributed by atoms with E-state index in [4.69, 9.17) is 9.15 Å². The monoisotopic (exact) mass is 357 g/mol. The zero-order valence-corrected chi connectivity index (χ0v) is 15.0. The van der Waals surface area contributed by atoms with Crippen LogP contribution in [0.15, 0.2) is 59.2 Å². The average Bonchev–Trinajstić information content (AvgIpc) is 3.29. The fraction of sp³-hybridized carbons (Fsp3) is 0.174. The Labute approximate surface area is 156 Å². The minimum atomic E-state index is -0.0489. The Bertz CT molecular complexity index is 1180. The molecule has 134 valence electrons. The number of hydrogen-bond donors (Lipinski definition) is 1. The van der Waals surface area contributed by atoms with Gasteiger partial charge in [0.25, 0.3) is 0 Å². The highest BCUT2D eigenvalue weighted by Crippen LogP contribution is 2.35. The largest absolute Gasteiger partial charge is 0.497 e. The summed E-state index contributed by atoms with van der Waals surface area (Å²) in [6, 6.07) is 16.1. The Morgan fingerprint density at radius 2 is 1.93 bits per heavy atom. The van der Waals surface area contributed by atoms with Crippen molar-refractivity contribution in [2.45, 2.75) is 19.3 Å². The molecule has 4 aromatic rings. The molecule has 1 aliphatic rings. The number of nitrogens with one attached hydrogen (secondary N) is 1. The van der Waals surface area contributed by atoms with Crippen molar-refractivity contribution in [2.75, 3.05) is 12.4 Å². The third kappa shape index (κ3) is 2.65. The maximum Gasteiger partial charge on any atom is 0.228 e. The minimum absolute atomic E-state index is 0.0489. The van der Waals surface area contributed by atoms with Crippen molar-refractivity contribution in [2.24, 2.45) is 0 Å². The van der Waals surface area contributed by atoms with Gasteiger partial charge in [-0.2, -0.15) is 0 Å². The number of benzene rings is 3. The number of amides is 1. The Kier molecular flexibility index (Phi) is 3.64. The van der Waals surface area contributed by atoms with Crippen molar-refractivity contribution < 1.29 is 13.9 Å². The normalized spacial score (nSPS) is 12.6. The Morgan fingerprint density at radius 1 is 1.07 bits per heavy atom. The summed E-state index contributed by atoms with van der Waals surface area (Å²) in [5.41, 5.74) is 5.21. The van der Waals surface area contributed by atoms with Crippen molar-refractivity contribution in [3.05, 3.63) is 71.5 Å². The van der Waals surface area contributed by atoms with Crippen LogP contribution in [0.5, 0.6) is 5.75 Å². The van der Waals surface area contributed by atoms with Crippen LogP contribution in [0.2, 0.25) is 0 Å². The Hall–Kier alpha value is -3.27. The lowest BCUT2D eigenvalue weighted by Crippen LogP contribution is -2.14. The average molecular weight is 357 g/mol. The van der Waals surface area contributed by atoms with E-state index in [9.17, 15) is 4.79 Å². The molecule has 0 bridgehead atoms. The lowest BCUT2D eigenvalue weighted by atomic mass is 10.0. The summed E-state index contributed by atoms with van der Waals surface area (Å²) in [6.07, 6.45) is 4.07. The molecule has 0 fully saturated rings. The van der Waals surface area contributed by atoms with Gasteiger partial charge in [0.1, 0.15) is 11.3 Å². The number of hydrogen-bond acceptors (Lipinski definition) is 3. The second kappa shape index (κ2) is 6.16. The summed E-state index contributed by atoms with van der Waals surface area (Å²) in [7, 11) is 1.62. The fourth-order valence-electron chi connectivity index (χ4n) is 4.05. The van der Waals surface area contributed by atoms with Crippen LogP contribution in [0.25, 0.3) is 21.7 Å². The molecule has 0 saturated heterocycles. The highest BCUT2D eigenvalue weighted by molar-refractivity contribution is 6.06. The molecular formula is C23H19NO3. The molecule has 4 heteroatoms. The van der Waals surface area contributed by atoms with E-state index in [2.05, 4.69) is 29.6 Å². The summed E-state index contributed by atoms with van der Waals surface area (Å²) >= 11 is 0. The molecule has 1 aromatic heterocycles. The van der Waals surface area contributed by atoms with Crippen LogP contribution >= 0.6 is 0 Å². The van der Waals surface area contributed by atoms with E-state index < -0.39 is 0 Å². The summed E-state index contributed by atoms with van der Waals surface area (Å²) in [6.45, 7) is 0. The van der Waals surface area contributed by atoms with Crippen molar-refractivity contribution in [3.8, 4) is 5.75 Å². The molecule has 1 N–H and O–H groups in total. The van der Waals surface area contributed by atoms with Gasteiger partial charge in [0, 0.05) is 28.1 Å². The maximum atomic E-state index is 12.7. The van der Waals surface area contributed by atoms with E-state index in [-0.39, 0.29) is 12.3 Å². The zero-order chi connectivity index (χ0) is 18.4. The van der Waals surface area contributed by atoms with Gasteiger partial charge in [-0.05, 0) is 47.6 Å². The Balaban J connectivity index is 1.43. The van der Waals surface area contributed by atoms with E-state index in [1.807, 2.05) is 24.3 Å². The molecule has 0 radical (unpaired) electrons. The predicted molar refractivity (Wildman–Crippen MR) is 106 cm³/mol. The molecule has 1 amide bonds. The van der Waals surface area contributed by atoms with Gasteiger partial charge in [0.05, 0.1) is 19.8 Å². The quantitative estimate of drug-likeness (QED) is 0.567. The van der Waals surface area contributed by atoms with E-state index in [0.29, 0.717) is 0 Å². The number of methoxy groups -OCH3 is 1. The minimum Gasteiger partial charge on any atom is -0.497 e. The first-order valence-corrected chi connectivity index (χ1v) is 9.10. The zero-order valence-electron chi connectivity index (χ0n) is 15.0. The van der Waals surface area contributed by atoms with Crippen molar-refractivity contribution in [3.63, 3.8) is 0 Å². The van der Waals surface area contributed by atoms with Crippen LogP contribution in [-0.4, -0.2) is 13.0 Å². The lowest BCUT2D eigenvalue weighted by molar-refractivity contribution is -0.115. The lowest BCUT2D eigenvalue weighted by Gasteiger charge is -2.10. The van der Waals surface area contributed by atoms with Crippen LogP contribution in [0, 0.1) is 0 Å². The maximum absolute atomic E-state index is 12.7. The number of carbonyl (C=O) groups excluding carboxylic acids is 1. The topological polar surface area (TPSA) is 51.5 Å². The van der Waals surface area contributed by atoms with Gasteiger partial charge < -0.3 is 14.5 Å². The van der Waals surface area contributed by atoms with E-state index in [1.54, 1.807) is 13.4 Å². The Morgan fingerprint density at radius 3 is 2.78 bits per heavy atom. The number of rotatable bonds is 4. The van der Waals surface area contributed by atoms with Gasteiger partial charge in [-0.25, -0.2) is 0 Å². The molecule has 0 unspecified atom stereocenters. The molecule has 1 aliphatic carbocycles. The predicted octanol–water partition coefficient (Wildman–Crippen LogP) is 4.87. The summed E-state index contributed by atoms with van der Waals surface area (Å²) < 4.78 is 10.8. The number of anilines is 1. The van der Waals surface area contributed by atoms with Crippen LogP contribution in [-0.2, 0) is 24.1 Å². The number of fused-ring (bicyclic) bond motifs is 1. The first-order chi connectivity index (χ1) is 13.2. The highest BCUT2D eigenvalue weighted by atomic mass is 16.5. The summed E-state index contributed by atoms with van der Waals surface area (Å²) in [4.78, 5) is 12.7. The second-order valence-corrected chi connectivity index (χ2v) is 6.96. The van der Waals surface area contributed by atoms with Crippen LogP contribution < -0.4 is 10.1 Å². The van der Waals surface area contributed by atoms with E-state index >= 15 is 0 Å². The van der Waals surface area contributed by atoms with Gasteiger partial charge in [0.15, 0.2) is 0 Å². The van der Waals surface area contributed by atoms with Crippen LogP contribution in [0.3, 0.4) is 0 Å². The molecular weight excluding hydrogens is 338 g/mol. The summed E-state index contributed by atoms with van der Waals surface area (Å²) in [5, 5.41) is 6.45. The van der Waals surface area contributed by atoms with Crippen LogP contribution in [0.1, 0.15) is 16.7 Å². The van der Waals surface area contributed by atoms with Gasteiger partial charge in [0.2, 0.25) is 5.91 Å². The molecule has 1 heterocycles. The SMILES string of the molecule is COc1ccc2c(CC(=O)Nc3ccc4c5c(cccc35)CC4)coc2c1. The van der Waals surface area contributed by atoms with Crippen molar-refractivity contribution in [1.29, 1.82) is 0 Å². The second-order valence-electron chi connectivity index (χ2n) is 6.96. The van der Waals surface area contributed by atoms with Crippen molar-refractivity contribution >= 4 is 33.3 Å². The third-order valence-electron chi connectivity index (χ3n) is 5.36. The first-order valence-electron chi connectivity index (χ1n) is 9.10. The summed E-state index contributed by atoms with van der Waals surface area (Å²) in [5.74, 6) is 0.688. The molecule has 0 spiro atoms. The van der Waals surface area contributed by atoms with Crippen molar-refractivity contribution in [1.82, 2.24) is 0 Å². The molecule has 27 heavy (non-hydrogen) atoms. The number of aryl methyl sites for hydroxylation is 2. The number of furan rings is 1. The molecule has 0 atom stereocenters. The smallest absolute Gasteiger partial charge is 0.228 e. The van der Waals surface area contributed by atoms with Gasteiger partial charge in [-0.3, -0.25) is 4.79 Å². The number of ether oxygens (including phenoxy) is 1. The van der Waals surface area contributed by atoms with E-state index in [1.165, 1.54) is 16.5 Å².